The van der Waals surface area contributed by atoms with Crippen LogP contribution in [0.2, 0.25) is 0 Å². The molecule has 2 amide bonds. The maximum absolute atomic E-state index is 12.0. The summed E-state index contributed by atoms with van der Waals surface area (Å²) in [5.41, 5.74) is -1.82. The molecule has 0 radical (unpaired) electrons. The fraction of sp³-hybridized carbons (Fsp3) is 0.875. The van der Waals surface area contributed by atoms with E-state index in [-0.39, 0.29) is 0 Å². The Labute approximate surface area is 131 Å². The Hall–Kier alpha value is -1.14. The molecule has 2 saturated carbocycles. The van der Waals surface area contributed by atoms with Crippen LogP contribution < -0.4 is 10.6 Å². The Bertz CT molecular complexity index is 386. The van der Waals surface area contributed by atoms with Crippen LogP contribution in [-0.2, 0) is 9.59 Å². The second-order valence-electron chi connectivity index (χ2n) is 7.01. The molecule has 2 aliphatic rings. The molecule has 22 heavy (non-hydrogen) atoms. The molecule has 2 fully saturated rings. The first-order valence-corrected chi connectivity index (χ1v) is 8.33. The standard InChI is InChI=1S/C16H28N2O4/c1-11(15(21)7-3-4-8-15)17-13(19)14(20)18-12(2)16(22)9-5-6-10-16/h11-12,21-22H,3-10H2,1-2H3,(H,17,19)(H,18,20). The minimum atomic E-state index is -0.911. The van der Waals surface area contributed by atoms with Crippen LogP contribution in [0.3, 0.4) is 0 Å². The van der Waals surface area contributed by atoms with Gasteiger partial charge in [-0.3, -0.25) is 9.59 Å². The molecule has 2 unspecified atom stereocenters. The Morgan fingerprint density at radius 3 is 1.32 bits per heavy atom. The highest BCUT2D eigenvalue weighted by molar-refractivity contribution is 6.35. The molecule has 6 nitrogen and oxygen atoms in total. The summed E-state index contributed by atoms with van der Waals surface area (Å²) in [4.78, 5) is 24.0. The molecular weight excluding hydrogens is 284 g/mol. The minimum absolute atomic E-state index is 0.460. The van der Waals surface area contributed by atoms with Gasteiger partial charge in [-0.15, -0.1) is 0 Å². The van der Waals surface area contributed by atoms with Crippen LogP contribution in [0.15, 0.2) is 0 Å². The summed E-state index contributed by atoms with van der Waals surface area (Å²) in [6.07, 6.45) is 6.33. The van der Waals surface area contributed by atoms with Gasteiger partial charge in [0, 0.05) is 0 Å². The van der Waals surface area contributed by atoms with E-state index in [0.717, 1.165) is 25.7 Å². The van der Waals surface area contributed by atoms with Crippen molar-refractivity contribution in [1.82, 2.24) is 10.6 Å². The van der Waals surface area contributed by atoms with Crippen LogP contribution in [0.5, 0.6) is 0 Å². The summed E-state index contributed by atoms with van der Waals surface area (Å²) in [5.74, 6) is -1.50. The fourth-order valence-corrected chi connectivity index (χ4v) is 3.63. The van der Waals surface area contributed by atoms with Crippen molar-refractivity contribution in [2.75, 3.05) is 0 Å². The summed E-state index contributed by atoms with van der Waals surface area (Å²) in [7, 11) is 0. The van der Waals surface area contributed by atoms with Crippen LogP contribution in [0, 0.1) is 0 Å². The molecule has 2 aliphatic carbocycles. The largest absolute Gasteiger partial charge is 0.388 e. The van der Waals surface area contributed by atoms with Crippen molar-refractivity contribution in [3.05, 3.63) is 0 Å². The maximum atomic E-state index is 12.0. The lowest BCUT2D eigenvalue weighted by atomic mass is 9.93. The van der Waals surface area contributed by atoms with Crippen molar-refractivity contribution < 1.29 is 19.8 Å². The average molecular weight is 312 g/mol. The number of nitrogens with one attached hydrogen (secondary N) is 2. The van der Waals surface area contributed by atoms with Crippen molar-refractivity contribution in [1.29, 1.82) is 0 Å². The predicted octanol–water partition coefficient (Wildman–Crippen LogP) is 0.606. The normalized spacial score (nSPS) is 25.5. The lowest BCUT2D eigenvalue weighted by Gasteiger charge is -2.32. The highest BCUT2D eigenvalue weighted by atomic mass is 16.3. The SMILES string of the molecule is CC(NC(=O)C(=O)NC(C)C1(O)CCCC1)C1(O)CCCC1. The van der Waals surface area contributed by atoms with E-state index in [0.29, 0.717) is 25.7 Å². The summed E-state index contributed by atoms with van der Waals surface area (Å²) in [5, 5.41) is 26.0. The molecule has 0 aliphatic heterocycles. The van der Waals surface area contributed by atoms with Gasteiger partial charge in [0.15, 0.2) is 0 Å². The monoisotopic (exact) mass is 312 g/mol. The van der Waals surface area contributed by atoms with E-state index >= 15 is 0 Å². The summed E-state index contributed by atoms with van der Waals surface area (Å²) in [6, 6.07) is -0.920. The van der Waals surface area contributed by atoms with Crippen LogP contribution >= 0.6 is 0 Å². The van der Waals surface area contributed by atoms with Gasteiger partial charge in [0.2, 0.25) is 0 Å². The van der Waals surface area contributed by atoms with E-state index in [1.165, 1.54) is 0 Å². The highest BCUT2D eigenvalue weighted by Gasteiger charge is 2.40. The van der Waals surface area contributed by atoms with Crippen LogP contribution in [-0.4, -0.2) is 45.3 Å². The van der Waals surface area contributed by atoms with Gasteiger partial charge in [-0.25, -0.2) is 0 Å². The Morgan fingerprint density at radius 1 is 0.773 bits per heavy atom. The number of hydrogen-bond donors (Lipinski definition) is 4. The number of rotatable bonds is 4. The van der Waals surface area contributed by atoms with E-state index in [1.54, 1.807) is 13.8 Å². The molecule has 0 aromatic heterocycles. The Balaban J connectivity index is 1.85. The second-order valence-corrected chi connectivity index (χ2v) is 7.01. The molecule has 2 rings (SSSR count). The van der Waals surface area contributed by atoms with Crippen molar-refractivity contribution in [3.8, 4) is 0 Å². The molecule has 0 saturated heterocycles. The summed E-state index contributed by atoms with van der Waals surface area (Å²) >= 11 is 0. The lowest BCUT2D eigenvalue weighted by Crippen LogP contribution is -2.56. The third-order valence-electron chi connectivity index (χ3n) is 5.45. The zero-order valence-electron chi connectivity index (χ0n) is 13.5. The minimum Gasteiger partial charge on any atom is -0.388 e. The third-order valence-corrected chi connectivity index (χ3v) is 5.45. The quantitative estimate of drug-likeness (QED) is 0.572. The van der Waals surface area contributed by atoms with Gasteiger partial charge in [0.1, 0.15) is 0 Å². The molecule has 0 heterocycles. The van der Waals surface area contributed by atoms with E-state index in [4.69, 9.17) is 0 Å². The average Bonchev–Trinajstić information content (AvgIpc) is 3.09. The smallest absolute Gasteiger partial charge is 0.309 e. The lowest BCUT2D eigenvalue weighted by molar-refractivity contribution is -0.142. The third kappa shape index (κ3) is 3.60. The van der Waals surface area contributed by atoms with Crippen LogP contribution in [0.25, 0.3) is 0 Å². The molecule has 2 atom stereocenters. The van der Waals surface area contributed by atoms with Gasteiger partial charge < -0.3 is 20.8 Å². The van der Waals surface area contributed by atoms with E-state index in [1.807, 2.05) is 0 Å². The summed E-state index contributed by atoms with van der Waals surface area (Å²) < 4.78 is 0. The maximum Gasteiger partial charge on any atom is 0.309 e. The summed E-state index contributed by atoms with van der Waals surface area (Å²) in [6.45, 7) is 3.45. The number of aliphatic hydroxyl groups is 2. The number of carbonyl (C=O) groups is 2. The first kappa shape index (κ1) is 17.2. The first-order valence-electron chi connectivity index (χ1n) is 8.33. The van der Waals surface area contributed by atoms with Gasteiger partial charge in [0.25, 0.3) is 0 Å². The van der Waals surface area contributed by atoms with Crippen molar-refractivity contribution in [3.63, 3.8) is 0 Å². The van der Waals surface area contributed by atoms with Gasteiger partial charge in [-0.1, -0.05) is 25.7 Å². The molecular formula is C16H28N2O4. The zero-order valence-corrected chi connectivity index (χ0v) is 13.5. The highest BCUT2D eigenvalue weighted by Crippen LogP contribution is 2.33. The van der Waals surface area contributed by atoms with E-state index in [9.17, 15) is 19.8 Å². The Kier molecular flexibility index (Phi) is 5.12. The number of hydrogen-bond acceptors (Lipinski definition) is 4. The molecule has 0 spiro atoms. The van der Waals surface area contributed by atoms with E-state index < -0.39 is 35.1 Å². The molecule has 0 aromatic carbocycles. The topological polar surface area (TPSA) is 98.7 Å². The van der Waals surface area contributed by atoms with E-state index in [2.05, 4.69) is 10.6 Å². The van der Waals surface area contributed by atoms with Gasteiger partial charge in [0.05, 0.1) is 23.3 Å². The Morgan fingerprint density at radius 2 is 1.05 bits per heavy atom. The predicted molar refractivity (Wildman–Crippen MR) is 82.0 cm³/mol. The molecule has 0 bridgehead atoms. The number of amides is 2. The van der Waals surface area contributed by atoms with Crippen LogP contribution in [0.1, 0.15) is 65.2 Å². The molecule has 126 valence electrons. The van der Waals surface area contributed by atoms with Gasteiger partial charge >= 0.3 is 11.8 Å². The molecule has 6 heteroatoms. The first-order chi connectivity index (χ1) is 10.3. The molecule has 0 aromatic rings. The van der Waals surface area contributed by atoms with Crippen molar-refractivity contribution in [2.24, 2.45) is 0 Å². The van der Waals surface area contributed by atoms with Gasteiger partial charge in [-0.2, -0.15) is 0 Å². The fourth-order valence-electron chi connectivity index (χ4n) is 3.63. The van der Waals surface area contributed by atoms with Crippen molar-refractivity contribution >= 4 is 11.8 Å². The molecule has 4 N–H and O–H groups in total. The number of carbonyl (C=O) groups excluding carboxylic acids is 2. The van der Waals surface area contributed by atoms with Crippen LogP contribution in [0.4, 0.5) is 0 Å². The second kappa shape index (κ2) is 6.54. The van der Waals surface area contributed by atoms with Crippen molar-refractivity contribution in [2.45, 2.75) is 88.5 Å². The zero-order chi connectivity index (χ0) is 16.4. The van der Waals surface area contributed by atoms with Gasteiger partial charge in [-0.05, 0) is 39.5 Å².